The summed E-state index contributed by atoms with van der Waals surface area (Å²) in [5.74, 6) is 0.796. The Morgan fingerprint density at radius 2 is 1.68 bits per heavy atom. The molecule has 0 saturated heterocycles. The van der Waals surface area contributed by atoms with E-state index >= 15 is 0 Å². The van der Waals surface area contributed by atoms with Crippen molar-refractivity contribution >= 4 is 30.0 Å². The van der Waals surface area contributed by atoms with Crippen LogP contribution in [0.2, 0.25) is 0 Å². The van der Waals surface area contributed by atoms with Crippen molar-refractivity contribution in [2.75, 3.05) is 0 Å². The second-order valence-corrected chi connectivity index (χ2v) is 9.56. The maximum Gasteiger partial charge on any atom is 0.179 e. The summed E-state index contributed by atoms with van der Waals surface area (Å²) in [6.07, 6.45) is 4.75. The fourth-order valence-electron chi connectivity index (χ4n) is 4.02. The van der Waals surface area contributed by atoms with Crippen molar-refractivity contribution < 1.29 is 4.79 Å². The predicted octanol–water partition coefficient (Wildman–Crippen LogP) is 6.50. The summed E-state index contributed by atoms with van der Waals surface area (Å²) >= 11 is 1.83. The van der Waals surface area contributed by atoms with Gasteiger partial charge in [0.15, 0.2) is 5.78 Å². The van der Waals surface area contributed by atoms with Gasteiger partial charge >= 0.3 is 0 Å². The number of benzene rings is 2. The summed E-state index contributed by atoms with van der Waals surface area (Å²) in [6.45, 7) is 6.37. The lowest BCUT2D eigenvalue weighted by molar-refractivity contribution is 0.0939. The van der Waals surface area contributed by atoms with Crippen LogP contribution in [0.5, 0.6) is 0 Å². The van der Waals surface area contributed by atoms with Gasteiger partial charge in [-0.15, -0.1) is 24.2 Å². The van der Waals surface area contributed by atoms with E-state index in [-0.39, 0.29) is 24.2 Å². The van der Waals surface area contributed by atoms with Crippen LogP contribution in [0.25, 0.3) is 0 Å². The summed E-state index contributed by atoms with van der Waals surface area (Å²) in [5.41, 5.74) is 2.24. The van der Waals surface area contributed by atoms with E-state index in [9.17, 15) is 4.79 Å². The van der Waals surface area contributed by atoms with Gasteiger partial charge in [0.2, 0.25) is 0 Å². The molecule has 0 aliphatic heterocycles. The number of hydrogen-bond donors (Lipinski definition) is 1. The second-order valence-electron chi connectivity index (χ2n) is 7.91. The molecule has 2 aromatic rings. The minimum Gasteiger partial charge on any atom is -0.305 e. The van der Waals surface area contributed by atoms with E-state index in [2.05, 4.69) is 61.6 Å². The number of carbonyl (C=O) groups excluding carboxylic acids is 1. The van der Waals surface area contributed by atoms with Crippen LogP contribution < -0.4 is 5.32 Å². The molecule has 0 aromatic heterocycles. The quantitative estimate of drug-likeness (QED) is 0.412. The molecule has 0 radical (unpaired) electrons. The van der Waals surface area contributed by atoms with E-state index in [4.69, 9.17) is 0 Å². The fraction of sp³-hybridized carbons (Fsp3) is 0.458. The number of carbonyl (C=O) groups is 1. The molecular formula is C24H32ClNOS. The average Bonchev–Trinajstić information content (AvgIpc) is 2.68. The van der Waals surface area contributed by atoms with E-state index in [1.165, 1.54) is 23.3 Å². The van der Waals surface area contributed by atoms with Crippen LogP contribution >= 0.6 is 24.2 Å². The van der Waals surface area contributed by atoms with Crippen molar-refractivity contribution in [3.05, 3.63) is 65.7 Å². The molecule has 3 atom stereocenters. The van der Waals surface area contributed by atoms with Gasteiger partial charge in [-0.3, -0.25) is 4.79 Å². The van der Waals surface area contributed by atoms with Gasteiger partial charge < -0.3 is 5.32 Å². The summed E-state index contributed by atoms with van der Waals surface area (Å²) < 4.78 is 0. The van der Waals surface area contributed by atoms with Crippen LogP contribution in [-0.2, 0) is 0 Å². The molecule has 1 saturated carbocycles. The Balaban J connectivity index is 0.00000280. The highest BCUT2D eigenvalue weighted by molar-refractivity contribution is 7.99. The zero-order chi connectivity index (χ0) is 19.2. The molecule has 0 spiro atoms. The van der Waals surface area contributed by atoms with E-state index in [1.807, 2.05) is 30.8 Å². The van der Waals surface area contributed by atoms with E-state index in [0.29, 0.717) is 17.2 Å². The van der Waals surface area contributed by atoms with Crippen molar-refractivity contribution in [2.24, 2.45) is 0 Å². The minimum absolute atomic E-state index is 0. The van der Waals surface area contributed by atoms with Crippen LogP contribution in [0, 0.1) is 0 Å². The molecule has 3 rings (SSSR count). The first-order valence-corrected chi connectivity index (χ1v) is 11.0. The number of hydrogen-bond acceptors (Lipinski definition) is 3. The summed E-state index contributed by atoms with van der Waals surface area (Å²) in [5, 5.41) is 4.16. The highest BCUT2D eigenvalue weighted by atomic mass is 35.5. The molecule has 1 unspecified atom stereocenters. The van der Waals surface area contributed by atoms with Crippen molar-refractivity contribution in [3.8, 4) is 0 Å². The predicted molar refractivity (Wildman–Crippen MR) is 123 cm³/mol. The zero-order valence-corrected chi connectivity index (χ0v) is 18.7. The van der Waals surface area contributed by atoms with Gasteiger partial charge in [0.05, 0.1) is 6.04 Å². The molecule has 2 nitrogen and oxygen atoms in total. The normalized spacial score (nSPS) is 20.4. The number of thioether (sulfide) groups is 1. The van der Waals surface area contributed by atoms with Crippen molar-refractivity contribution in [2.45, 2.75) is 74.6 Å². The van der Waals surface area contributed by atoms with Crippen LogP contribution in [0.1, 0.15) is 68.3 Å². The molecule has 1 fully saturated rings. The van der Waals surface area contributed by atoms with Crippen LogP contribution in [-0.4, -0.2) is 23.1 Å². The standard InChI is InChI=1S/C24H31NOS.ClH/c1-17(2)27-23-14-12-20(13-15-23)24(26)18(3)25-22-11-7-10-21(16-22)19-8-5-4-6-9-19;/h4-6,8-9,12-15,17-18,21-22,25H,7,10-11,16H2,1-3H3;1H/t18?,21-,22+;/m0./s1. The SMILES string of the molecule is CC(C)Sc1ccc(C(=O)C(C)N[C@@H]2CCC[C@H](c3ccccc3)C2)cc1.Cl. The Morgan fingerprint density at radius 3 is 2.32 bits per heavy atom. The van der Waals surface area contributed by atoms with Gasteiger partial charge in [0.1, 0.15) is 0 Å². The maximum atomic E-state index is 12.8. The Morgan fingerprint density at radius 1 is 1.00 bits per heavy atom. The van der Waals surface area contributed by atoms with Gasteiger partial charge in [0, 0.05) is 21.8 Å². The third-order valence-electron chi connectivity index (χ3n) is 5.33. The van der Waals surface area contributed by atoms with Gasteiger partial charge in [-0.1, -0.05) is 62.7 Å². The second kappa shape index (κ2) is 11.0. The van der Waals surface area contributed by atoms with Crippen LogP contribution in [0.15, 0.2) is 59.5 Å². The van der Waals surface area contributed by atoms with E-state index in [0.717, 1.165) is 18.4 Å². The Kier molecular flexibility index (Phi) is 9.07. The lowest BCUT2D eigenvalue weighted by Crippen LogP contribution is -2.43. The first-order chi connectivity index (χ1) is 13.0. The molecule has 0 heterocycles. The average molecular weight is 418 g/mol. The molecule has 1 aliphatic rings. The molecular weight excluding hydrogens is 386 g/mol. The van der Waals surface area contributed by atoms with E-state index in [1.54, 1.807) is 0 Å². The number of Topliss-reactive ketones (excluding diaryl/α,β-unsaturated/α-hetero) is 1. The molecule has 2 aromatic carbocycles. The molecule has 28 heavy (non-hydrogen) atoms. The number of nitrogens with one attached hydrogen (secondary N) is 1. The molecule has 4 heteroatoms. The van der Waals surface area contributed by atoms with Gasteiger partial charge in [0.25, 0.3) is 0 Å². The van der Waals surface area contributed by atoms with Gasteiger partial charge in [-0.25, -0.2) is 0 Å². The van der Waals surface area contributed by atoms with Crippen LogP contribution in [0.4, 0.5) is 0 Å². The Hall–Kier alpha value is -1.29. The summed E-state index contributed by atoms with van der Waals surface area (Å²) in [6, 6.07) is 19.1. The third-order valence-corrected chi connectivity index (χ3v) is 6.35. The number of rotatable bonds is 7. The van der Waals surface area contributed by atoms with Gasteiger partial charge in [-0.2, -0.15) is 0 Å². The smallest absolute Gasteiger partial charge is 0.179 e. The monoisotopic (exact) mass is 417 g/mol. The highest BCUT2D eigenvalue weighted by Crippen LogP contribution is 2.33. The first kappa shape index (κ1) is 23.0. The third kappa shape index (κ3) is 6.37. The van der Waals surface area contributed by atoms with Crippen LogP contribution in [0.3, 0.4) is 0 Å². The maximum absolute atomic E-state index is 12.8. The molecule has 0 amide bonds. The van der Waals surface area contributed by atoms with Crippen molar-refractivity contribution in [1.82, 2.24) is 5.32 Å². The lowest BCUT2D eigenvalue weighted by atomic mass is 9.81. The Bertz CT molecular complexity index is 732. The summed E-state index contributed by atoms with van der Waals surface area (Å²) in [7, 11) is 0. The number of ketones is 1. The summed E-state index contributed by atoms with van der Waals surface area (Å²) in [4.78, 5) is 14.1. The lowest BCUT2D eigenvalue weighted by Gasteiger charge is -2.32. The molecule has 1 aliphatic carbocycles. The largest absolute Gasteiger partial charge is 0.305 e. The Labute approximate surface area is 180 Å². The first-order valence-electron chi connectivity index (χ1n) is 10.1. The topological polar surface area (TPSA) is 29.1 Å². The molecule has 152 valence electrons. The zero-order valence-electron chi connectivity index (χ0n) is 17.1. The number of halogens is 1. The molecule has 1 N–H and O–H groups in total. The van der Waals surface area contributed by atoms with Gasteiger partial charge in [-0.05, 0) is 49.8 Å². The molecule has 0 bridgehead atoms. The van der Waals surface area contributed by atoms with E-state index < -0.39 is 0 Å². The van der Waals surface area contributed by atoms with Crippen molar-refractivity contribution in [3.63, 3.8) is 0 Å². The minimum atomic E-state index is -0.145. The van der Waals surface area contributed by atoms with Crippen molar-refractivity contribution in [1.29, 1.82) is 0 Å². The highest BCUT2D eigenvalue weighted by Gasteiger charge is 2.26. The fourth-order valence-corrected chi connectivity index (χ4v) is 4.86.